The Morgan fingerprint density at radius 2 is 0.897 bits per heavy atom. The van der Waals surface area contributed by atoms with Crippen molar-refractivity contribution in [3.05, 3.63) is 0 Å². The standard InChI is InChI=1S/C24H50O4S/c1-3-4-5-14-18-21-24(25)22-19-16-13-11-9-7-6-8-10-12-15-17-20-23(2)29(26,27)28/h23-25H,3-22H2,1-2H3,(H,26,27,28). The molecule has 0 bridgehead atoms. The largest absolute Gasteiger partial charge is 0.393 e. The summed E-state index contributed by atoms with van der Waals surface area (Å²) >= 11 is 0. The van der Waals surface area contributed by atoms with E-state index in [1.807, 2.05) is 0 Å². The predicted molar refractivity (Wildman–Crippen MR) is 125 cm³/mol. The molecule has 176 valence electrons. The van der Waals surface area contributed by atoms with Crippen molar-refractivity contribution in [3.63, 3.8) is 0 Å². The highest BCUT2D eigenvalue weighted by atomic mass is 32.2. The van der Waals surface area contributed by atoms with Crippen LogP contribution in [0, 0.1) is 0 Å². The minimum atomic E-state index is -3.84. The van der Waals surface area contributed by atoms with Gasteiger partial charge in [0.2, 0.25) is 0 Å². The second-order valence-corrected chi connectivity index (χ2v) is 10.8. The van der Waals surface area contributed by atoms with Crippen LogP contribution in [-0.4, -0.2) is 29.4 Å². The SMILES string of the molecule is CCCCCCCC(O)CCCCCCCCCCCCCCC(C)S(=O)(=O)O. The van der Waals surface area contributed by atoms with Gasteiger partial charge in [0.05, 0.1) is 11.4 Å². The zero-order valence-corrected chi connectivity index (χ0v) is 20.2. The van der Waals surface area contributed by atoms with Gasteiger partial charge >= 0.3 is 0 Å². The fourth-order valence-electron chi connectivity index (χ4n) is 3.86. The average Bonchev–Trinajstić information content (AvgIpc) is 2.67. The Kier molecular flexibility index (Phi) is 19.7. The molecule has 2 N–H and O–H groups in total. The summed E-state index contributed by atoms with van der Waals surface area (Å²) in [4.78, 5) is 0. The van der Waals surface area contributed by atoms with E-state index in [4.69, 9.17) is 4.55 Å². The Morgan fingerprint density at radius 1 is 0.586 bits per heavy atom. The minimum absolute atomic E-state index is 0.0760. The van der Waals surface area contributed by atoms with Gasteiger partial charge in [-0.25, -0.2) is 0 Å². The highest BCUT2D eigenvalue weighted by molar-refractivity contribution is 7.86. The maximum Gasteiger partial charge on any atom is 0.267 e. The van der Waals surface area contributed by atoms with Crippen molar-refractivity contribution in [1.82, 2.24) is 0 Å². The van der Waals surface area contributed by atoms with E-state index in [1.165, 1.54) is 96.3 Å². The maximum absolute atomic E-state index is 10.9. The fourth-order valence-corrected chi connectivity index (χ4v) is 4.32. The average molecular weight is 435 g/mol. The van der Waals surface area contributed by atoms with Crippen molar-refractivity contribution in [2.24, 2.45) is 0 Å². The molecule has 4 nitrogen and oxygen atoms in total. The minimum Gasteiger partial charge on any atom is -0.393 e. The van der Waals surface area contributed by atoms with E-state index in [2.05, 4.69) is 6.92 Å². The molecule has 0 spiro atoms. The lowest BCUT2D eigenvalue weighted by atomic mass is 10.0. The summed E-state index contributed by atoms with van der Waals surface area (Å²) in [5, 5.41) is 9.38. The van der Waals surface area contributed by atoms with E-state index in [0.29, 0.717) is 6.42 Å². The summed E-state index contributed by atoms with van der Waals surface area (Å²) in [5.74, 6) is 0. The molecule has 2 atom stereocenters. The van der Waals surface area contributed by atoms with Crippen LogP contribution >= 0.6 is 0 Å². The van der Waals surface area contributed by atoms with Gasteiger partial charge in [0.1, 0.15) is 0 Å². The van der Waals surface area contributed by atoms with Crippen LogP contribution in [0.1, 0.15) is 142 Å². The molecule has 2 unspecified atom stereocenters. The molecule has 5 heteroatoms. The third-order valence-corrected chi connectivity index (χ3v) is 7.30. The summed E-state index contributed by atoms with van der Waals surface area (Å²) in [6.45, 7) is 3.81. The zero-order valence-electron chi connectivity index (χ0n) is 19.4. The summed E-state index contributed by atoms with van der Waals surface area (Å²) in [7, 11) is -3.84. The molecule has 0 radical (unpaired) electrons. The summed E-state index contributed by atoms with van der Waals surface area (Å²) in [5.41, 5.74) is 0. The van der Waals surface area contributed by atoms with Crippen LogP contribution in [0.4, 0.5) is 0 Å². The van der Waals surface area contributed by atoms with Gasteiger partial charge in [-0.2, -0.15) is 8.42 Å². The van der Waals surface area contributed by atoms with Gasteiger partial charge in [0.25, 0.3) is 10.1 Å². The maximum atomic E-state index is 10.9. The topological polar surface area (TPSA) is 74.6 Å². The number of aliphatic hydroxyl groups is 1. The first-order chi connectivity index (χ1) is 13.9. The molecule has 0 amide bonds. The van der Waals surface area contributed by atoms with Crippen molar-refractivity contribution in [2.45, 2.75) is 154 Å². The molecule has 0 aromatic heterocycles. The molecular weight excluding hydrogens is 384 g/mol. The van der Waals surface area contributed by atoms with Crippen molar-refractivity contribution in [1.29, 1.82) is 0 Å². The van der Waals surface area contributed by atoms with Crippen LogP contribution in [0.25, 0.3) is 0 Å². The van der Waals surface area contributed by atoms with E-state index in [9.17, 15) is 13.5 Å². The van der Waals surface area contributed by atoms with Gasteiger partial charge in [-0.3, -0.25) is 4.55 Å². The normalized spacial score (nSPS) is 14.2. The Bertz CT molecular complexity index is 436. The first-order valence-electron chi connectivity index (χ1n) is 12.5. The van der Waals surface area contributed by atoms with E-state index in [-0.39, 0.29) is 6.10 Å². The number of hydrogen-bond acceptors (Lipinski definition) is 3. The van der Waals surface area contributed by atoms with Gasteiger partial charge in [-0.1, -0.05) is 116 Å². The molecule has 0 saturated carbocycles. The lowest BCUT2D eigenvalue weighted by molar-refractivity contribution is 0.147. The van der Waals surface area contributed by atoms with E-state index in [0.717, 1.165) is 25.7 Å². The third-order valence-electron chi connectivity index (χ3n) is 6.05. The lowest BCUT2D eigenvalue weighted by Crippen LogP contribution is -2.16. The highest BCUT2D eigenvalue weighted by Gasteiger charge is 2.15. The smallest absolute Gasteiger partial charge is 0.267 e. The summed E-state index contributed by atoms with van der Waals surface area (Å²) in [6, 6.07) is 0. The first-order valence-corrected chi connectivity index (χ1v) is 14.0. The Morgan fingerprint density at radius 3 is 1.24 bits per heavy atom. The summed E-state index contributed by atoms with van der Waals surface area (Å²) in [6.07, 6.45) is 23.5. The van der Waals surface area contributed by atoms with Crippen LogP contribution in [0.2, 0.25) is 0 Å². The van der Waals surface area contributed by atoms with Crippen LogP contribution in [0.3, 0.4) is 0 Å². The van der Waals surface area contributed by atoms with Crippen molar-refractivity contribution >= 4 is 10.1 Å². The monoisotopic (exact) mass is 434 g/mol. The molecule has 0 aromatic carbocycles. The van der Waals surface area contributed by atoms with Crippen LogP contribution in [-0.2, 0) is 10.1 Å². The molecule has 0 aromatic rings. The Labute approximate surface area is 182 Å². The van der Waals surface area contributed by atoms with Gasteiger partial charge in [0, 0.05) is 0 Å². The van der Waals surface area contributed by atoms with Gasteiger partial charge in [-0.05, 0) is 26.2 Å². The van der Waals surface area contributed by atoms with Crippen LogP contribution < -0.4 is 0 Å². The molecule has 0 aliphatic carbocycles. The summed E-state index contributed by atoms with van der Waals surface area (Å²) < 4.78 is 30.8. The van der Waals surface area contributed by atoms with E-state index >= 15 is 0 Å². The number of rotatable bonds is 22. The van der Waals surface area contributed by atoms with Crippen LogP contribution in [0.15, 0.2) is 0 Å². The van der Waals surface area contributed by atoms with Crippen LogP contribution in [0.5, 0.6) is 0 Å². The molecule has 0 aliphatic heterocycles. The van der Waals surface area contributed by atoms with Crippen molar-refractivity contribution in [2.75, 3.05) is 0 Å². The molecule has 0 saturated heterocycles. The van der Waals surface area contributed by atoms with E-state index in [1.54, 1.807) is 6.92 Å². The molecule has 0 aliphatic rings. The predicted octanol–water partition coefficient (Wildman–Crippen LogP) is 7.45. The van der Waals surface area contributed by atoms with Gasteiger partial charge < -0.3 is 5.11 Å². The number of unbranched alkanes of at least 4 members (excludes halogenated alkanes) is 15. The van der Waals surface area contributed by atoms with Gasteiger partial charge in [-0.15, -0.1) is 0 Å². The quantitative estimate of drug-likeness (QED) is 0.137. The highest BCUT2D eigenvalue weighted by Crippen LogP contribution is 2.16. The number of aliphatic hydroxyl groups excluding tert-OH is 1. The third kappa shape index (κ3) is 20.9. The molecule has 0 rings (SSSR count). The lowest BCUT2D eigenvalue weighted by Gasteiger charge is -2.10. The van der Waals surface area contributed by atoms with Crippen molar-refractivity contribution < 1.29 is 18.1 Å². The Balaban J connectivity index is 3.22. The second kappa shape index (κ2) is 19.8. The number of hydrogen-bond donors (Lipinski definition) is 2. The Hall–Kier alpha value is -0.130. The molecular formula is C24H50O4S. The van der Waals surface area contributed by atoms with E-state index < -0.39 is 15.4 Å². The molecule has 0 fully saturated rings. The second-order valence-electron chi connectivity index (χ2n) is 9.00. The molecule has 0 heterocycles. The zero-order chi connectivity index (χ0) is 21.8. The first kappa shape index (κ1) is 28.9. The molecule has 29 heavy (non-hydrogen) atoms. The van der Waals surface area contributed by atoms with Gasteiger partial charge in [0.15, 0.2) is 0 Å². The van der Waals surface area contributed by atoms with Crippen molar-refractivity contribution in [3.8, 4) is 0 Å². The fraction of sp³-hybridized carbons (Fsp3) is 1.00.